The number of rotatable bonds is 6. The average molecular weight is 287 g/mol. The van der Waals surface area contributed by atoms with Gasteiger partial charge in [0, 0.05) is 18.2 Å². The molecule has 0 aromatic heterocycles. The normalized spacial score (nSPS) is 12.4. The Kier molecular flexibility index (Phi) is 5.49. The molecule has 1 rings (SSSR count). The van der Waals surface area contributed by atoms with Crippen molar-refractivity contribution in [3.05, 3.63) is 34.3 Å². The molecule has 0 fully saturated rings. The highest BCUT2D eigenvalue weighted by Crippen LogP contribution is 2.17. The molecule has 0 aliphatic rings. The van der Waals surface area contributed by atoms with Crippen LogP contribution in [-0.2, 0) is 16.0 Å². The van der Waals surface area contributed by atoms with E-state index in [1.54, 1.807) is 7.11 Å². The Balaban J connectivity index is 2.64. The maximum Gasteiger partial charge on any atom is 0.306 e. The molecule has 0 bridgehead atoms. The van der Waals surface area contributed by atoms with E-state index in [-0.39, 0.29) is 5.92 Å². The van der Waals surface area contributed by atoms with E-state index in [1.807, 2.05) is 24.3 Å². The fourth-order valence-corrected chi connectivity index (χ4v) is 1.97. The van der Waals surface area contributed by atoms with Crippen molar-refractivity contribution in [1.29, 1.82) is 0 Å². The van der Waals surface area contributed by atoms with Gasteiger partial charge in [-0.1, -0.05) is 28.1 Å². The molecule has 0 unspecified atom stereocenters. The molecule has 4 heteroatoms. The van der Waals surface area contributed by atoms with Crippen LogP contribution in [0.5, 0.6) is 0 Å². The molecule has 0 saturated carbocycles. The smallest absolute Gasteiger partial charge is 0.306 e. The fourth-order valence-electron chi connectivity index (χ4n) is 1.52. The van der Waals surface area contributed by atoms with E-state index in [4.69, 9.17) is 9.84 Å². The Hall–Kier alpha value is -0.870. The summed E-state index contributed by atoms with van der Waals surface area (Å²) in [5.74, 6) is -1.15. The fraction of sp³-hybridized carbons (Fsp3) is 0.417. The zero-order valence-corrected chi connectivity index (χ0v) is 10.7. The highest BCUT2D eigenvalue weighted by atomic mass is 79.9. The van der Waals surface area contributed by atoms with Gasteiger partial charge < -0.3 is 9.84 Å². The topological polar surface area (TPSA) is 46.5 Å². The predicted molar refractivity (Wildman–Crippen MR) is 65.5 cm³/mol. The van der Waals surface area contributed by atoms with Gasteiger partial charge in [0.1, 0.15) is 0 Å². The Morgan fingerprint density at radius 1 is 1.56 bits per heavy atom. The number of aliphatic carboxylic acids is 1. The van der Waals surface area contributed by atoms with E-state index in [0.29, 0.717) is 19.4 Å². The van der Waals surface area contributed by atoms with Crippen LogP contribution in [0.3, 0.4) is 0 Å². The molecular formula is C12H15BrO3. The molecule has 0 spiro atoms. The quantitative estimate of drug-likeness (QED) is 0.875. The summed E-state index contributed by atoms with van der Waals surface area (Å²) in [5, 5.41) is 9.06. The van der Waals surface area contributed by atoms with E-state index in [0.717, 1.165) is 10.0 Å². The highest BCUT2D eigenvalue weighted by molar-refractivity contribution is 9.10. The second-order valence-corrected chi connectivity index (χ2v) is 4.57. The van der Waals surface area contributed by atoms with Gasteiger partial charge in [-0.2, -0.15) is 0 Å². The van der Waals surface area contributed by atoms with Crippen LogP contribution in [0.15, 0.2) is 28.7 Å². The van der Waals surface area contributed by atoms with Crippen molar-refractivity contribution in [1.82, 2.24) is 0 Å². The maximum absolute atomic E-state index is 11.0. The summed E-state index contributed by atoms with van der Waals surface area (Å²) in [6.45, 7) is 0.477. The van der Waals surface area contributed by atoms with Gasteiger partial charge in [-0.15, -0.1) is 0 Å². The van der Waals surface area contributed by atoms with Crippen LogP contribution in [-0.4, -0.2) is 24.8 Å². The Labute approximate surface area is 104 Å². The third kappa shape index (κ3) is 4.33. The third-order valence-corrected chi connectivity index (χ3v) is 2.88. The van der Waals surface area contributed by atoms with Crippen LogP contribution in [0, 0.1) is 5.92 Å². The van der Waals surface area contributed by atoms with Crippen LogP contribution < -0.4 is 0 Å². The van der Waals surface area contributed by atoms with Gasteiger partial charge in [-0.3, -0.25) is 4.79 Å². The number of carboxylic acid groups (broad SMARTS) is 1. The molecule has 0 radical (unpaired) electrons. The van der Waals surface area contributed by atoms with Gasteiger partial charge in [0.05, 0.1) is 5.92 Å². The van der Waals surface area contributed by atoms with Crippen LogP contribution in [0.4, 0.5) is 0 Å². The zero-order chi connectivity index (χ0) is 12.0. The lowest BCUT2D eigenvalue weighted by molar-refractivity contribution is -0.142. The third-order valence-electron chi connectivity index (χ3n) is 2.39. The highest BCUT2D eigenvalue weighted by Gasteiger charge is 2.17. The minimum Gasteiger partial charge on any atom is -0.481 e. The van der Waals surface area contributed by atoms with Crippen molar-refractivity contribution >= 4 is 21.9 Å². The second-order valence-electron chi connectivity index (χ2n) is 3.65. The molecule has 1 atom stereocenters. The van der Waals surface area contributed by atoms with E-state index in [9.17, 15) is 4.79 Å². The summed E-state index contributed by atoms with van der Waals surface area (Å²) in [6, 6.07) is 7.72. The van der Waals surface area contributed by atoms with Gasteiger partial charge in [0.2, 0.25) is 0 Å². The van der Waals surface area contributed by atoms with Gasteiger partial charge in [-0.25, -0.2) is 0 Å². The summed E-state index contributed by atoms with van der Waals surface area (Å²) < 4.78 is 5.88. The summed E-state index contributed by atoms with van der Waals surface area (Å²) in [7, 11) is 1.58. The van der Waals surface area contributed by atoms with Crippen LogP contribution in [0.2, 0.25) is 0 Å². The van der Waals surface area contributed by atoms with E-state index < -0.39 is 5.97 Å². The van der Waals surface area contributed by atoms with E-state index >= 15 is 0 Å². The first-order valence-electron chi connectivity index (χ1n) is 5.09. The molecule has 1 aromatic carbocycles. The number of hydrogen-bond donors (Lipinski definition) is 1. The monoisotopic (exact) mass is 286 g/mol. The molecule has 1 aromatic rings. The molecule has 3 nitrogen and oxygen atoms in total. The Bertz CT molecular complexity index is 352. The number of benzene rings is 1. The molecule has 0 aliphatic heterocycles. The number of carbonyl (C=O) groups is 1. The largest absolute Gasteiger partial charge is 0.481 e. The number of hydrogen-bond acceptors (Lipinski definition) is 2. The molecule has 0 aliphatic carbocycles. The van der Waals surface area contributed by atoms with Gasteiger partial charge >= 0.3 is 5.97 Å². The van der Waals surface area contributed by atoms with E-state index in [2.05, 4.69) is 15.9 Å². The van der Waals surface area contributed by atoms with Gasteiger partial charge in [-0.05, 0) is 30.5 Å². The summed E-state index contributed by atoms with van der Waals surface area (Å²) >= 11 is 3.37. The number of carboxylic acids is 1. The summed E-state index contributed by atoms with van der Waals surface area (Å²) in [4.78, 5) is 11.0. The number of methoxy groups -OCH3 is 1. The molecule has 1 N–H and O–H groups in total. The first-order chi connectivity index (χ1) is 7.63. The lowest BCUT2D eigenvalue weighted by Gasteiger charge is -2.11. The first kappa shape index (κ1) is 13.2. The van der Waals surface area contributed by atoms with Crippen molar-refractivity contribution in [2.75, 3.05) is 13.7 Å². The summed E-state index contributed by atoms with van der Waals surface area (Å²) in [6.07, 6.45) is 1.08. The molecule has 16 heavy (non-hydrogen) atoms. The van der Waals surface area contributed by atoms with Crippen molar-refractivity contribution in [2.45, 2.75) is 12.8 Å². The average Bonchev–Trinajstić information content (AvgIpc) is 2.24. The van der Waals surface area contributed by atoms with Gasteiger partial charge in [0.25, 0.3) is 0 Å². The van der Waals surface area contributed by atoms with E-state index in [1.165, 1.54) is 0 Å². The zero-order valence-electron chi connectivity index (χ0n) is 9.15. The molecule has 88 valence electrons. The first-order valence-corrected chi connectivity index (χ1v) is 5.89. The lowest BCUT2D eigenvalue weighted by Crippen LogP contribution is -2.18. The number of halogens is 1. The standard InChI is InChI=1S/C12H15BrO3/c1-16-6-5-10(12(14)15)7-9-3-2-4-11(13)8-9/h2-4,8,10H,5-7H2,1H3,(H,14,15)/t10-/m0/s1. The van der Waals surface area contributed by atoms with Crippen LogP contribution in [0.1, 0.15) is 12.0 Å². The van der Waals surface area contributed by atoms with Crippen molar-refractivity contribution in [2.24, 2.45) is 5.92 Å². The number of ether oxygens (including phenoxy) is 1. The maximum atomic E-state index is 11.0. The van der Waals surface area contributed by atoms with Crippen LogP contribution in [0.25, 0.3) is 0 Å². The van der Waals surface area contributed by atoms with Crippen molar-refractivity contribution in [3.8, 4) is 0 Å². The SMILES string of the molecule is COCC[C@@H](Cc1cccc(Br)c1)C(=O)O. The van der Waals surface area contributed by atoms with Crippen LogP contribution >= 0.6 is 15.9 Å². The predicted octanol–water partition coefficient (Wildman–Crippen LogP) is 2.73. The van der Waals surface area contributed by atoms with Gasteiger partial charge in [0.15, 0.2) is 0 Å². The molecule has 0 saturated heterocycles. The Morgan fingerprint density at radius 2 is 2.31 bits per heavy atom. The second kappa shape index (κ2) is 6.66. The minimum absolute atomic E-state index is 0.380. The molecule has 0 heterocycles. The minimum atomic E-state index is -0.767. The summed E-state index contributed by atoms with van der Waals surface area (Å²) in [5.41, 5.74) is 1.03. The molecular weight excluding hydrogens is 272 g/mol. The van der Waals surface area contributed by atoms with Crippen molar-refractivity contribution < 1.29 is 14.6 Å². The lowest BCUT2D eigenvalue weighted by atomic mass is 9.97. The van der Waals surface area contributed by atoms with Crippen molar-refractivity contribution in [3.63, 3.8) is 0 Å². The Morgan fingerprint density at radius 3 is 2.88 bits per heavy atom. The molecule has 0 amide bonds.